The van der Waals surface area contributed by atoms with Crippen LogP contribution in [0.4, 0.5) is 15.5 Å². The van der Waals surface area contributed by atoms with Crippen LogP contribution in [0.25, 0.3) is 0 Å². The first-order valence-electron chi connectivity index (χ1n) is 16.3. The van der Waals surface area contributed by atoms with E-state index in [9.17, 15) is 24.3 Å². The van der Waals surface area contributed by atoms with Crippen LogP contribution in [0.5, 0.6) is 0 Å². The molecule has 0 bridgehead atoms. The number of carbonyl (C=O) groups excluding carboxylic acids is 4. The third-order valence-electron chi connectivity index (χ3n) is 10.1. The lowest BCUT2D eigenvalue weighted by Gasteiger charge is -2.31. The maximum absolute atomic E-state index is 16.2. The van der Waals surface area contributed by atoms with Crippen LogP contribution in [-0.4, -0.2) is 93.6 Å². The van der Waals surface area contributed by atoms with Gasteiger partial charge >= 0.3 is 5.97 Å². The third kappa shape index (κ3) is 6.41. The molecule has 0 saturated carbocycles. The summed E-state index contributed by atoms with van der Waals surface area (Å²) in [6, 6.07) is 4.75. The van der Waals surface area contributed by atoms with E-state index in [1.54, 1.807) is 41.1 Å². The second-order valence-electron chi connectivity index (χ2n) is 13.4. The van der Waals surface area contributed by atoms with Crippen molar-refractivity contribution < 1.29 is 37.9 Å². The number of anilines is 2. The Morgan fingerprint density at radius 1 is 1.22 bits per heavy atom. The number of hydrogen-bond acceptors (Lipinski definition) is 8. The quantitative estimate of drug-likeness (QED) is 0.144. The minimum Gasteiger partial charge on any atom is -0.469 e. The number of halogens is 1. The molecule has 3 fully saturated rings. The molecule has 4 heterocycles. The van der Waals surface area contributed by atoms with Crippen molar-refractivity contribution in [3.63, 3.8) is 0 Å². The maximum atomic E-state index is 16.2. The number of esters is 1. The number of fused-ring (bicyclic) bond motifs is 2. The van der Waals surface area contributed by atoms with Crippen molar-refractivity contribution >= 4 is 43.5 Å². The summed E-state index contributed by atoms with van der Waals surface area (Å²) in [7, 11) is -2.16. The molecule has 3 amide bonds. The number of aliphatic hydroxyl groups excluding tert-OH is 1. The molecule has 3 N–H and O–H groups in total. The summed E-state index contributed by atoms with van der Waals surface area (Å²) in [5, 5.41) is 16.0. The number of unbranched alkanes of at least 4 members (excludes halogenated alkanes) is 1. The average Bonchev–Trinajstić information content (AvgIpc) is 3.79. The van der Waals surface area contributed by atoms with Crippen molar-refractivity contribution in [3.05, 3.63) is 23.8 Å². The molecular formula is C32H47FN4O7Si. The Hall–Kier alpha value is -2.87. The zero-order chi connectivity index (χ0) is 32.5. The van der Waals surface area contributed by atoms with Gasteiger partial charge < -0.3 is 39.1 Å². The predicted octanol–water partition coefficient (Wildman–Crippen LogP) is 3.22. The average molecular weight is 647 g/mol. The number of ether oxygens (including phenoxy) is 2. The molecule has 0 unspecified atom stereocenters. The minimum atomic E-state index is -3.50. The minimum absolute atomic E-state index is 0.0842. The van der Waals surface area contributed by atoms with E-state index in [0.717, 1.165) is 25.8 Å². The molecule has 248 valence electrons. The fourth-order valence-corrected chi connectivity index (χ4v) is 10.5. The molecule has 0 aromatic heterocycles. The van der Waals surface area contributed by atoms with Crippen LogP contribution in [-0.2, 0) is 34.3 Å². The van der Waals surface area contributed by atoms with Gasteiger partial charge in [-0.25, -0.2) is 0 Å². The van der Waals surface area contributed by atoms with Crippen molar-refractivity contribution in [1.82, 2.24) is 10.2 Å². The van der Waals surface area contributed by atoms with Crippen LogP contribution in [0.3, 0.4) is 0 Å². The highest BCUT2D eigenvalue weighted by Gasteiger charge is 2.67. The van der Waals surface area contributed by atoms with Crippen LogP contribution >= 0.6 is 0 Å². The van der Waals surface area contributed by atoms with E-state index in [2.05, 4.69) is 10.6 Å². The summed E-state index contributed by atoms with van der Waals surface area (Å²) < 4.78 is 27.7. The number of nitrogens with zero attached hydrogens (tertiary/aromatic N) is 2. The van der Waals surface area contributed by atoms with E-state index in [-0.39, 0.29) is 55.2 Å². The molecule has 5 rings (SSSR count). The first kappa shape index (κ1) is 33.5. The summed E-state index contributed by atoms with van der Waals surface area (Å²) in [6.07, 6.45) is 3.50. The first-order valence-corrected chi connectivity index (χ1v) is 19.2. The summed E-state index contributed by atoms with van der Waals surface area (Å²) in [4.78, 5) is 56.1. The molecule has 0 aliphatic carbocycles. The molecule has 13 heteroatoms. The maximum Gasteiger partial charge on any atom is 0.305 e. The Labute approximate surface area is 265 Å². The fourth-order valence-electron chi connectivity index (χ4n) is 7.97. The molecule has 4 aliphatic rings. The van der Waals surface area contributed by atoms with Gasteiger partial charge in [0.2, 0.25) is 20.2 Å². The van der Waals surface area contributed by atoms with Crippen molar-refractivity contribution in [2.24, 2.45) is 5.92 Å². The van der Waals surface area contributed by atoms with Crippen molar-refractivity contribution in [2.75, 3.05) is 43.6 Å². The van der Waals surface area contributed by atoms with Gasteiger partial charge in [-0.2, -0.15) is 0 Å². The van der Waals surface area contributed by atoms with Gasteiger partial charge in [0.15, 0.2) is 5.60 Å². The molecule has 0 radical (unpaired) electrons. The van der Waals surface area contributed by atoms with Crippen LogP contribution in [0.2, 0.25) is 18.6 Å². The lowest BCUT2D eigenvalue weighted by atomic mass is 9.82. The normalized spacial score (nSPS) is 29.5. The van der Waals surface area contributed by atoms with Gasteiger partial charge in [0.1, 0.15) is 0 Å². The Morgan fingerprint density at radius 2 is 2.00 bits per heavy atom. The smallest absolute Gasteiger partial charge is 0.305 e. The van der Waals surface area contributed by atoms with E-state index < -0.39 is 31.6 Å². The summed E-state index contributed by atoms with van der Waals surface area (Å²) in [5.74, 6) is -1.61. The van der Waals surface area contributed by atoms with Crippen molar-refractivity contribution in [2.45, 2.75) is 101 Å². The fraction of sp³-hybridized carbons (Fsp3) is 0.688. The molecule has 1 spiro atoms. The molecule has 6 atom stereocenters. The third-order valence-corrected chi connectivity index (χ3v) is 12.6. The topological polar surface area (TPSA) is 138 Å². The van der Waals surface area contributed by atoms with Crippen LogP contribution in [0, 0.1) is 5.92 Å². The Bertz CT molecular complexity index is 1300. The molecule has 1 aromatic carbocycles. The zero-order valence-corrected chi connectivity index (χ0v) is 27.8. The van der Waals surface area contributed by atoms with E-state index in [1.807, 2.05) is 6.92 Å². The first-order chi connectivity index (χ1) is 21.4. The number of hydrogen-bond donors (Lipinski definition) is 3. The lowest BCUT2D eigenvalue weighted by Crippen LogP contribution is -2.45. The number of nitrogens with one attached hydrogen (secondary N) is 2. The molecular weight excluding hydrogens is 599 g/mol. The second kappa shape index (κ2) is 13.5. The van der Waals surface area contributed by atoms with E-state index in [1.165, 1.54) is 7.11 Å². The van der Waals surface area contributed by atoms with E-state index in [0.29, 0.717) is 49.3 Å². The number of likely N-dealkylation sites (tertiary alicyclic amines) is 1. The molecule has 1 aromatic rings. The monoisotopic (exact) mass is 646 g/mol. The molecule has 4 aliphatic heterocycles. The Balaban J connectivity index is 1.49. The lowest BCUT2D eigenvalue weighted by molar-refractivity contribution is -0.150. The number of carbonyl (C=O) groups is 4. The van der Waals surface area contributed by atoms with Gasteiger partial charge in [0, 0.05) is 42.2 Å². The van der Waals surface area contributed by atoms with Crippen molar-refractivity contribution in [1.29, 1.82) is 0 Å². The molecule has 3 saturated heterocycles. The highest BCUT2D eigenvalue weighted by atomic mass is 28.4. The van der Waals surface area contributed by atoms with E-state index >= 15 is 4.11 Å². The SMILES string of the molecule is COC(=O)CCCCN1C(=O)[C@@]2(O[C@@H](CC(=O)N3CCC[C@H]3CO)[C@H]([Si](C)(C)F)[C@H]2C)c2cc(NC(=O)[C@H]3CCCN3)ccc21. The van der Waals surface area contributed by atoms with Gasteiger partial charge in [-0.15, -0.1) is 0 Å². The number of benzene rings is 1. The largest absolute Gasteiger partial charge is 0.469 e. The number of methoxy groups -OCH3 is 1. The van der Waals surface area contributed by atoms with Gasteiger partial charge in [0.05, 0.1) is 44.0 Å². The van der Waals surface area contributed by atoms with Gasteiger partial charge in [-0.05, 0) is 76.4 Å². The second-order valence-corrected chi connectivity index (χ2v) is 17.2. The summed E-state index contributed by atoms with van der Waals surface area (Å²) in [6.45, 7) is 6.51. The highest BCUT2D eigenvalue weighted by Crippen LogP contribution is 2.60. The number of rotatable bonds is 11. The Morgan fingerprint density at radius 3 is 2.67 bits per heavy atom. The molecule has 11 nitrogen and oxygen atoms in total. The molecule has 45 heavy (non-hydrogen) atoms. The Kier molecular flexibility index (Phi) is 10.0. The van der Waals surface area contributed by atoms with Gasteiger partial charge in [-0.3, -0.25) is 19.2 Å². The van der Waals surface area contributed by atoms with Crippen molar-refractivity contribution in [3.8, 4) is 0 Å². The van der Waals surface area contributed by atoms with Crippen LogP contribution < -0.4 is 15.5 Å². The number of amides is 3. The standard InChI is InChI=1S/C32H47FN4O7Si/c1-20-29(45(3,4)33)26(18-27(39)36-16-8-9-22(36)19-38)44-32(20)23-17-21(35-30(41)24-10-7-14-34-24)12-13-25(23)37(31(32)42)15-6-5-11-28(40)43-2/h12-13,17,20,22,24,26,29,34,38H,5-11,14-16,18-19H2,1-4H3,(H,35,41)/t20-,22+,24-,26+,29-,32+/m1/s1. The van der Waals surface area contributed by atoms with Gasteiger partial charge in [-0.1, -0.05) is 6.92 Å². The van der Waals surface area contributed by atoms with Crippen LogP contribution in [0.15, 0.2) is 18.2 Å². The summed E-state index contributed by atoms with van der Waals surface area (Å²) in [5.41, 5.74) is -0.520. The summed E-state index contributed by atoms with van der Waals surface area (Å²) >= 11 is 0. The van der Waals surface area contributed by atoms with E-state index in [4.69, 9.17) is 9.47 Å². The highest BCUT2D eigenvalue weighted by molar-refractivity contribution is 6.72. The van der Waals surface area contributed by atoms with Crippen LogP contribution in [0.1, 0.15) is 63.9 Å². The number of aliphatic hydroxyl groups is 1. The predicted molar refractivity (Wildman–Crippen MR) is 169 cm³/mol. The van der Waals surface area contributed by atoms with Gasteiger partial charge in [0.25, 0.3) is 5.91 Å². The zero-order valence-electron chi connectivity index (χ0n) is 26.8.